The number of aromatic hydroxyl groups is 1. The van der Waals surface area contributed by atoms with E-state index in [0.29, 0.717) is 0 Å². The predicted octanol–water partition coefficient (Wildman–Crippen LogP) is 5.50. The lowest BCUT2D eigenvalue weighted by Crippen LogP contribution is -2.18. The second kappa shape index (κ2) is 6.70. The monoisotopic (exact) mass is 373 g/mol. The summed E-state index contributed by atoms with van der Waals surface area (Å²) in [7, 11) is 0. The van der Waals surface area contributed by atoms with Crippen LogP contribution in [0.1, 0.15) is 12.5 Å². The molecule has 20 heavy (non-hydrogen) atoms. The highest BCUT2D eigenvalue weighted by molar-refractivity contribution is 9.10. The molecule has 0 heterocycles. The minimum atomic E-state index is -0.0838. The standard InChI is InChI=1S/C15H14BrCl2NO/c1-9(6-10-2-4-11(16)5-3-10)19-12-7-13(17)15(20)14(18)8-12/h2-5,7-9,19-20H,6H2,1H3. The molecule has 2 nitrogen and oxygen atoms in total. The van der Waals surface area contributed by atoms with Crippen molar-refractivity contribution in [3.8, 4) is 5.75 Å². The zero-order valence-electron chi connectivity index (χ0n) is 10.8. The third kappa shape index (κ3) is 4.05. The van der Waals surface area contributed by atoms with Crippen molar-refractivity contribution in [2.24, 2.45) is 0 Å². The van der Waals surface area contributed by atoms with Crippen LogP contribution in [0.25, 0.3) is 0 Å². The summed E-state index contributed by atoms with van der Waals surface area (Å²) in [5.41, 5.74) is 2.03. The molecular formula is C15H14BrCl2NO. The molecule has 0 bridgehead atoms. The summed E-state index contributed by atoms with van der Waals surface area (Å²) in [5.74, 6) is -0.0838. The maximum atomic E-state index is 9.53. The third-order valence-corrected chi connectivity index (χ3v) is 3.99. The molecule has 0 spiro atoms. The minimum Gasteiger partial charge on any atom is -0.505 e. The molecule has 2 rings (SSSR count). The van der Waals surface area contributed by atoms with E-state index in [9.17, 15) is 5.11 Å². The van der Waals surface area contributed by atoms with Crippen LogP contribution in [0.2, 0.25) is 10.0 Å². The van der Waals surface area contributed by atoms with Gasteiger partial charge in [-0.2, -0.15) is 0 Å². The summed E-state index contributed by atoms with van der Waals surface area (Å²) < 4.78 is 1.07. The zero-order valence-corrected chi connectivity index (χ0v) is 13.9. The van der Waals surface area contributed by atoms with Crippen LogP contribution in [0.4, 0.5) is 5.69 Å². The fourth-order valence-electron chi connectivity index (χ4n) is 1.96. The predicted molar refractivity (Wildman–Crippen MR) is 89.1 cm³/mol. The Morgan fingerprint density at radius 2 is 1.70 bits per heavy atom. The molecule has 0 amide bonds. The molecule has 0 aliphatic heterocycles. The molecule has 0 saturated heterocycles. The topological polar surface area (TPSA) is 32.3 Å². The highest BCUT2D eigenvalue weighted by atomic mass is 79.9. The van der Waals surface area contributed by atoms with E-state index >= 15 is 0 Å². The Bertz CT molecular complexity index is 578. The summed E-state index contributed by atoms with van der Waals surface area (Å²) in [4.78, 5) is 0. The second-order valence-electron chi connectivity index (χ2n) is 4.66. The van der Waals surface area contributed by atoms with Gasteiger partial charge in [-0.1, -0.05) is 51.3 Å². The van der Waals surface area contributed by atoms with Gasteiger partial charge in [-0.15, -0.1) is 0 Å². The Balaban J connectivity index is 2.04. The van der Waals surface area contributed by atoms with Crippen LogP contribution in [0, 0.1) is 0 Å². The van der Waals surface area contributed by atoms with E-state index in [0.717, 1.165) is 16.6 Å². The van der Waals surface area contributed by atoms with Crippen molar-refractivity contribution >= 4 is 44.8 Å². The van der Waals surface area contributed by atoms with Gasteiger partial charge in [0.25, 0.3) is 0 Å². The van der Waals surface area contributed by atoms with Gasteiger partial charge in [-0.3, -0.25) is 0 Å². The lowest BCUT2D eigenvalue weighted by molar-refractivity contribution is 0.476. The van der Waals surface area contributed by atoms with Crippen molar-refractivity contribution < 1.29 is 5.11 Å². The van der Waals surface area contributed by atoms with Crippen molar-refractivity contribution in [1.29, 1.82) is 0 Å². The molecule has 0 aromatic heterocycles. The normalized spacial score (nSPS) is 12.2. The molecule has 2 aromatic carbocycles. The molecule has 106 valence electrons. The number of rotatable bonds is 4. The van der Waals surface area contributed by atoms with Crippen LogP contribution in [-0.2, 0) is 6.42 Å². The Hall–Kier alpha value is -0.900. The van der Waals surface area contributed by atoms with Crippen LogP contribution in [0.5, 0.6) is 5.75 Å². The minimum absolute atomic E-state index is 0.0838. The quantitative estimate of drug-likeness (QED) is 0.692. The Morgan fingerprint density at radius 3 is 2.25 bits per heavy atom. The highest BCUT2D eigenvalue weighted by Gasteiger charge is 2.09. The van der Waals surface area contributed by atoms with Crippen molar-refractivity contribution in [3.63, 3.8) is 0 Å². The fourth-order valence-corrected chi connectivity index (χ4v) is 2.71. The van der Waals surface area contributed by atoms with Gasteiger partial charge in [-0.25, -0.2) is 0 Å². The van der Waals surface area contributed by atoms with Gasteiger partial charge in [0.05, 0.1) is 10.0 Å². The molecule has 2 N–H and O–H groups in total. The summed E-state index contributed by atoms with van der Waals surface area (Å²) in [6.45, 7) is 2.08. The van der Waals surface area contributed by atoms with Crippen molar-refractivity contribution in [1.82, 2.24) is 0 Å². The van der Waals surface area contributed by atoms with Crippen molar-refractivity contribution in [2.75, 3.05) is 5.32 Å². The number of halogens is 3. The summed E-state index contributed by atoms with van der Waals surface area (Å²) >= 11 is 15.2. The maximum Gasteiger partial charge on any atom is 0.152 e. The number of nitrogens with one attached hydrogen (secondary N) is 1. The molecule has 1 unspecified atom stereocenters. The zero-order chi connectivity index (χ0) is 14.7. The van der Waals surface area contributed by atoms with Crippen LogP contribution in [-0.4, -0.2) is 11.1 Å². The smallest absolute Gasteiger partial charge is 0.152 e. The molecule has 0 radical (unpaired) electrons. The van der Waals surface area contributed by atoms with Gasteiger partial charge >= 0.3 is 0 Å². The number of hydrogen-bond donors (Lipinski definition) is 2. The summed E-state index contributed by atoms with van der Waals surface area (Å²) in [6, 6.07) is 11.8. The number of hydrogen-bond acceptors (Lipinski definition) is 2. The number of benzene rings is 2. The van der Waals surface area contributed by atoms with E-state index in [1.54, 1.807) is 12.1 Å². The molecule has 0 aliphatic rings. The number of phenolic OH excluding ortho intramolecular Hbond substituents is 1. The van der Waals surface area contributed by atoms with E-state index in [-0.39, 0.29) is 21.8 Å². The van der Waals surface area contributed by atoms with Gasteiger partial charge in [0.1, 0.15) is 0 Å². The van der Waals surface area contributed by atoms with E-state index in [2.05, 4.69) is 40.3 Å². The van der Waals surface area contributed by atoms with E-state index in [4.69, 9.17) is 23.2 Å². The van der Waals surface area contributed by atoms with Crippen molar-refractivity contribution in [3.05, 3.63) is 56.5 Å². The molecule has 1 atom stereocenters. The highest BCUT2D eigenvalue weighted by Crippen LogP contribution is 2.34. The molecule has 5 heteroatoms. The molecule has 0 saturated carbocycles. The Kier molecular flexibility index (Phi) is 5.19. The average molecular weight is 375 g/mol. The Labute approximate surface area is 136 Å². The Morgan fingerprint density at radius 1 is 1.15 bits per heavy atom. The van der Waals surface area contributed by atoms with E-state index in [1.165, 1.54) is 5.56 Å². The largest absolute Gasteiger partial charge is 0.505 e. The summed E-state index contributed by atoms with van der Waals surface area (Å²) in [6.07, 6.45) is 0.878. The number of phenols is 1. The average Bonchev–Trinajstić information content (AvgIpc) is 2.38. The molecular weight excluding hydrogens is 361 g/mol. The van der Waals surface area contributed by atoms with Gasteiger partial charge in [0.15, 0.2) is 5.75 Å². The van der Waals surface area contributed by atoms with Crippen LogP contribution in [0.3, 0.4) is 0 Å². The lowest BCUT2D eigenvalue weighted by Gasteiger charge is -2.16. The third-order valence-electron chi connectivity index (χ3n) is 2.89. The van der Waals surface area contributed by atoms with Crippen LogP contribution in [0.15, 0.2) is 40.9 Å². The first-order valence-electron chi connectivity index (χ1n) is 6.14. The van der Waals surface area contributed by atoms with Crippen molar-refractivity contribution in [2.45, 2.75) is 19.4 Å². The first kappa shape index (κ1) is 15.5. The van der Waals surface area contributed by atoms with E-state index in [1.807, 2.05) is 12.1 Å². The van der Waals surface area contributed by atoms with Crippen LogP contribution >= 0.6 is 39.1 Å². The van der Waals surface area contributed by atoms with Gasteiger partial charge in [0, 0.05) is 16.2 Å². The molecule has 2 aromatic rings. The van der Waals surface area contributed by atoms with Gasteiger partial charge in [0.2, 0.25) is 0 Å². The summed E-state index contributed by atoms with van der Waals surface area (Å²) in [5, 5.41) is 13.3. The van der Waals surface area contributed by atoms with Gasteiger partial charge < -0.3 is 10.4 Å². The number of anilines is 1. The SMILES string of the molecule is CC(Cc1ccc(Br)cc1)Nc1cc(Cl)c(O)c(Cl)c1. The molecule has 0 aliphatic carbocycles. The maximum absolute atomic E-state index is 9.53. The lowest BCUT2D eigenvalue weighted by atomic mass is 10.1. The second-order valence-corrected chi connectivity index (χ2v) is 6.39. The molecule has 0 fully saturated rings. The van der Waals surface area contributed by atoms with Crippen LogP contribution < -0.4 is 5.32 Å². The first-order valence-corrected chi connectivity index (χ1v) is 7.69. The fraction of sp³-hybridized carbons (Fsp3) is 0.200. The van der Waals surface area contributed by atoms with Gasteiger partial charge in [-0.05, 0) is 43.2 Å². The first-order chi connectivity index (χ1) is 9.45. The van der Waals surface area contributed by atoms with E-state index < -0.39 is 0 Å².